The highest BCUT2D eigenvalue weighted by Gasteiger charge is 2.08. The lowest BCUT2D eigenvalue weighted by atomic mass is 10.3. The van der Waals surface area contributed by atoms with Crippen molar-refractivity contribution in [3.63, 3.8) is 0 Å². The van der Waals surface area contributed by atoms with E-state index in [2.05, 4.69) is 15.0 Å². The Kier molecular flexibility index (Phi) is 3.23. The Morgan fingerprint density at radius 3 is 2.42 bits per heavy atom. The first-order valence-corrected chi connectivity index (χ1v) is 6.73. The Labute approximate surface area is 119 Å². The Hall–Kier alpha value is -1.85. The molecule has 0 spiro atoms. The number of aromatic nitrogens is 3. The molecule has 0 atom stereocenters. The second-order valence-electron chi connectivity index (χ2n) is 3.82. The van der Waals surface area contributed by atoms with E-state index < -0.39 is 0 Å². The average molecular weight is 289 g/mol. The Morgan fingerprint density at radius 1 is 1.00 bits per heavy atom. The molecule has 0 aliphatic heterocycles. The van der Waals surface area contributed by atoms with Gasteiger partial charge in [0.05, 0.1) is 16.1 Å². The number of benzene rings is 1. The molecule has 0 aliphatic carbocycles. The van der Waals surface area contributed by atoms with Gasteiger partial charge in [-0.05, 0) is 36.0 Å². The van der Waals surface area contributed by atoms with Crippen molar-refractivity contribution in [1.82, 2.24) is 15.0 Å². The van der Waals surface area contributed by atoms with Crippen LogP contribution in [0.2, 0.25) is 5.02 Å². The first kappa shape index (κ1) is 12.2. The van der Waals surface area contributed by atoms with Gasteiger partial charge in [-0.1, -0.05) is 23.7 Å². The number of nitrogens with zero attached hydrogens (tertiary/aromatic N) is 3. The van der Waals surface area contributed by atoms with Crippen molar-refractivity contribution in [1.29, 1.82) is 0 Å². The van der Waals surface area contributed by atoms with Crippen LogP contribution in [0.1, 0.15) is 0 Å². The number of hydrogen-bond donors (Lipinski definition) is 1. The highest BCUT2D eigenvalue weighted by Crippen LogP contribution is 2.29. The second kappa shape index (κ2) is 5.03. The summed E-state index contributed by atoms with van der Waals surface area (Å²) in [5.41, 5.74) is 7.51. The van der Waals surface area contributed by atoms with Crippen LogP contribution in [0.3, 0.4) is 0 Å². The lowest BCUT2D eigenvalue weighted by molar-refractivity contribution is 1.09. The molecule has 94 valence electrons. The number of pyridine rings is 1. The quantitative estimate of drug-likeness (QED) is 0.783. The summed E-state index contributed by atoms with van der Waals surface area (Å²) in [6.07, 6.45) is 1.59. The van der Waals surface area contributed by atoms with Gasteiger partial charge in [0.2, 0.25) is 0 Å². The van der Waals surface area contributed by atoms with Gasteiger partial charge < -0.3 is 5.73 Å². The molecule has 3 aromatic rings. The summed E-state index contributed by atoms with van der Waals surface area (Å²) in [6, 6.07) is 11.2. The summed E-state index contributed by atoms with van der Waals surface area (Å²) in [5, 5.41) is 2.02. The van der Waals surface area contributed by atoms with E-state index in [1.54, 1.807) is 12.3 Å². The fourth-order valence-electron chi connectivity index (χ4n) is 1.59. The molecule has 3 rings (SSSR count). The molecule has 0 radical (unpaired) electrons. The molecule has 0 bridgehead atoms. The number of nitrogen functional groups attached to an aromatic ring is 1. The van der Waals surface area contributed by atoms with Crippen LogP contribution in [0, 0.1) is 0 Å². The fourth-order valence-corrected chi connectivity index (χ4v) is 2.44. The van der Waals surface area contributed by atoms with E-state index in [1.807, 2.05) is 30.3 Å². The molecule has 4 nitrogen and oxygen atoms in total. The SMILES string of the molecule is Nc1nc2ccccc2nc1Sc1ccc(Cl)cn1. The van der Waals surface area contributed by atoms with Crippen LogP contribution < -0.4 is 5.73 Å². The van der Waals surface area contributed by atoms with Crippen molar-refractivity contribution >= 4 is 40.2 Å². The highest BCUT2D eigenvalue weighted by molar-refractivity contribution is 7.99. The van der Waals surface area contributed by atoms with Gasteiger partial charge in [0.1, 0.15) is 10.1 Å². The number of nitrogens with two attached hydrogens (primary N) is 1. The molecule has 2 heterocycles. The van der Waals surface area contributed by atoms with Crippen molar-refractivity contribution in [2.45, 2.75) is 10.1 Å². The number of para-hydroxylation sites is 2. The van der Waals surface area contributed by atoms with E-state index in [9.17, 15) is 0 Å². The van der Waals surface area contributed by atoms with Gasteiger partial charge >= 0.3 is 0 Å². The molecule has 0 aliphatic rings. The molecule has 0 fully saturated rings. The number of anilines is 1. The first-order chi connectivity index (χ1) is 9.22. The van der Waals surface area contributed by atoms with E-state index in [-0.39, 0.29) is 0 Å². The number of hydrogen-bond acceptors (Lipinski definition) is 5. The summed E-state index contributed by atoms with van der Waals surface area (Å²) >= 11 is 7.17. The van der Waals surface area contributed by atoms with Crippen LogP contribution in [-0.2, 0) is 0 Å². The Morgan fingerprint density at radius 2 is 1.74 bits per heavy atom. The van der Waals surface area contributed by atoms with Crippen molar-refractivity contribution in [2.75, 3.05) is 5.73 Å². The van der Waals surface area contributed by atoms with Crippen LogP contribution in [0.25, 0.3) is 11.0 Å². The van der Waals surface area contributed by atoms with Gasteiger partial charge in [-0.25, -0.2) is 15.0 Å². The lowest BCUT2D eigenvalue weighted by Gasteiger charge is -2.05. The molecular weight excluding hydrogens is 280 g/mol. The predicted molar refractivity (Wildman–Crippen MR) is 77.3 cm³/mol. The van der Waals surface area contributed by atoms with Gasteiger partial charge in [0, 0.05) is 6.20 Å². The molecule has 0 amide bonds. The molecular formula is C13H9ClN4S. The minimum Gasteiger partial charge on any atom is -0.381 e. The van der Waals surface area contributed by atoms with E-state index in [0.29, 0.717) is 15.9 Å². The van der Waals surface area contributed by atoms with Crippen LogP contribution in [-0.4, -0.2) is 15.0 Å². The van der Waals surface area contributed by atoms with Crippen molar-refractivity contribution in [3.8, 4) is 0 Å². The summed E-state index contributed by atoms with van der Waals surface area (Å²) in [4.78, 5) is 13.0. The topological polar surface area (TPSA) is 64.7 Å². The van der Waals surface area contributed by atoms with Crippen molar-refractivity contribution < 1.29 is 0 Å². The summed E-state index contributed by atoms with van der Waals surface area (Å²) in [5.74, 6) is 0.403. The fraction of sp³-hybridized carbons (Fsp3) is 0. The lowest BCUT2D eigenvalue weighted by Crippen LogP contribution is -1.97. The molecule has 2 N–H and O–H groups in total. The standard InChI is InChI=1S/C13H9ClN4S/c14-8-5-6-11(16-7-8)19-13-12(15)17-9-3-1-2-4-10(9)18-13/h1-7H,(H2,15,17). The van der Waals surface area contributed by atoms with E-state index in [1.165, 1.54) is 11.8 Å². The highest BCUT2D eigenvalue weighted by atomic mass is 35.5. The predicted octanol–water partition coefficient (Wildman–Crippen LogP) is 3.41. The van der Waals surface area contributed by atoms with Gasteiger partial charge in [-0.3, -0.25) is 0 Å². The van der Waals surface area contributed by atoms with Gasteiger partial charge in [0.25, 0.3) is 0 Å². The third-order valence-electron chi connectivity index (χ3n) is 2.47. The molecule has 19 heavy (non-hydrogen) atoms. The maximum absolute atomic E-state index is 5.92. The molecule has 6 heteroatoms. The van der Waals surface area contributed by atoms with Crippen molar-refractivity contribution in [2.24, 2.45) is 0 Å². The first-order valence-electron chi connectivity index (χ1n) is 5.54. The largest absolute Gasteiger partial charge is 0.381 e. The Bertz CT molecular complexity index is 730. The zero-order valence-corrected chi connectivity index (χ0v) is 11.3. The number of halogens is 1. The number of rotatable bonds is 2. The van der Waals surface area contributed by atoms with E-state index in [4.69, 9.17) is 17.3 Å². The Balaban J connectivity index is 2.00. The average Bonchev–Trinajstić information content (AvgIpc) is 2.42. The number of fused-ring (bicyclic) bond motifs is 1. The van der Waals surface area contributed by atoms with Gasteiger partial charge in [-0.15, -0.1) is 0 Å². The molecule has 0 saturated heterocycles. The maximum Gasteiger partial charge on any atom is 0.157 e. The van der Waals surface area contributed by atoms with Crippen LogP contribution in [0.4, 0.5) is 5.82 Å². The second-order valence-corrected chi connectivity index (χ2v) is 5.26. The molecule has 2 aromatic heterocycles. The van der Waals surface area contributed by atoms with Crippen LogP contribution >= 0.6 is 23.4 Å². The molecule has 1 aromatic carbocycles. The zero-order valence-electron chi connectivity index (χ0n) is 9.75. The van der Waals surface area contributed by atoms with Crippen LogP contribution in [0.5, 0.6) is 0 Å². The zero-order chi connectivity index (χ0) is 13.2. The molecule has 0 saturated carbocycles. The van der Waals surface area contributed by atoms with Gasteiger partial charge in [-0.2, -0.15) is 0 Å². The minimum absolute atomic E-state index is 0.403. The smallest absolute Gasteiger partial charge is 0.157 e. The maximum atomic E-state index is 5.92. The summed E-state index contributed by atoms with van der Waals surface area (Å²) in [7, 11) is 0. The minimum atomic E-state index is 0.403. The van der Waals surface area contributed by atoms with Crippen LogP contribution in [0.15, 0.2) is 52.6 Å². The van der Waals surface area contributed by atoms with E-state index in [0.717, 1.165) is 16.1 Å². The normalized spacial score (nSPS) is 10.8. The molecule has 0 unspecified atom stereocenters. The van der Waals surface area contributed by atoms with Gasteiger partial charge in [0.15, 0.2) is 5.82 Å². The van der Waals surface area contributed by atoms with Crippen molar-refractivity contribution in [3.05, 3.63) is 47.6 Å². The summed E-state index contributed by atoms with van der Waals surface area (Å²) in [6.45, 7) is 0. The monoisotopic (exact) mass is 288 g/mol. The third kappa shape index (κ3) is 2.62. The third-order valence-corrected chi connectivity index (χ3v) is 3.63. The van der Waals surface area contributed by atoms with E-state index >= 15 is 0 Å². The summed E-state index contributed by atoms with van der Waals surface area (Å²) < 4.78 is 0.